The van der Waals surface area contributed by atoms with E-state index >= 15 is 0 Å². The van der Waals surface area contributed by atoms with E-state index in [0.29, 0.717) is 13.2 Å². The number of tetrazole rings is 1. The van der Waals surface area contributed by atoms with Crippen molar-refractivity contribution in [3.05, 3.63) is 5.82 Å². The molecule has 0 aromatic carbocycles. The Labute approximate surface area is 137 Å². The van der Waals surface area contributed by atoms with Crippen LogP contribution in [0, 0.1) is 5.92 Å². The predicted octanol–water partition coefficient (Wildman–Crippen LogP) is 0.446. The van der Waals surface area contributed by atoms with Crippen LogP contribution in [0.5, 0.6) is 0 Å². The van der Waals surface area contributed by atoms with Crippen LogP contribution in [-0.4, -0.2) is 63.9 Å². The average Bonchev–Trinajstić information content (AvgIpc) is 2.96. The molecule has 1 aliphatic rings. The van der Waals surface area contributed by atoms with Crippen molar-refractivity contribution >= 4 is 5.91 Å². The van der Waals surface area contributed by atoms with Gasteiger partial charge in [0.1, 0.15) is 6.54 Å². The summed E-state index contributed by atoms with van der Waals surface area (Å²) < 4.78 is 6.69. The summed E-state index contributed by atoms with van der Waals surface area (Å²) in [7, 11) is 1.63. The first-order valence-electron chi connectivity index (χ1n) is 8.38. The summed E-state index contributed by atoms with van der Waals surface area (Å²) in [6.07, 6.45) is 3.24. The zero-order valence-corrected chi connectivity index (χ0v) is 14.4. The molecule has 130 valence electrons. The van der Waals surface area contributed by atoms with E-state index in [2.05, 4.69) is 32.7 Å². The lowest BCUT2D eigenvalue weighted by Crippen LogP contribution is -2.40. The lowest BCUT2D eigenvalue weighted by molar-refractivity contribution is -0.123. The van der Waals surface area contributed by atoms with Gasteiger partial charge in [-0.15, -0.1) is 5.10 Å². The van der Waals surface area contributed by atoms with Crippen molar-refractivity contribution < 1.29 is 9.53 Å². The minimum Gasteiger partial charge on any atom is -0.383 e. The molecule has 1 unspecified atom stereocenters. The van der Waals surface area contributed by atoms with Crippen LogP contribution in [0.15, 0.2) is 0 Å². The lowest BCUT2D eigenvalue weighted by atomic mass is 9.99. The van der Waals surface area contributed by atoms with Crippen LogP contribution in [0.4, 0.5) is 0 Å². The maximum Gasteiger partial charge on any atom is 0.242 e. The summed E-state index contributed by atoms with van der Waals surface area (Å²) in [5.74, 6) is 1.45. The van der Waals surface area contributed by atoms with Crippen LogP contribution in [0.3, 0.4) is 0 Å². The number of nitrogens with one attached hydrogen (secondary N) is 1. The molecule has 23 heavy (non-hydrogen) atoms. The highest BCUT2D eigenvalue weighted by Gasteiger charge is 2.19. The number of aromatic nitrogens is 4. The molecule has 0 radical (unpaired) electrons. The fourth-order valence-electron chi connectivity index (χ4n) is 2.75. The number of hydrogen-bond acceptors (Lipinski definition) is 6. The summed E-state index contributed by atoms with van der Waals surface area (Å²) in [5.41, 5.74) is 0. The minimum atomic E-state index is -0.0882. The Kier molecular flexibility index (Phi) is 6.91. The molecule has 0 aliphatic carbocycles. The van der Waals surface area contributed by atoms with E-state index in [1.165, 1.54) is 12.8 Å². The fraction of sp³-hybridized carbons (Fsp3) is 0.867. The van der Waals surface area contributed by atoms with Gasteiger partial charge in [-0.25, -0.2) is 4.68 Å². The van der Waals surface area contributed by atoms with Gasteiger partial charge in [-0.05, 0) is 48.7 Å². The van der Waals surface area contributed by atoms with Gasteiger partial charge in [0.25, 0.3) is 0 Å². The maximum absolute atomic E-state index is 12.1. The quantitative estimate of drug-likeness (QED) is 0.747. The molecule has 1 atom stereocenters. The Morgan fingerprint density at radius 2 is 2.17 bits per heavy atom. The molecule has 1 N–H and O–H groups in total. The second-order valence-electron chi connectivity index (χ2n) is 6.34. The zero-order valence-electron chi connectivity index (χ0n) is 14.4. The van der Waals surface area contributed by atoms with Crippen LogP contribution in [0.25, 0.3) is 0 Å². The largest absolute Gasteiger partial charge is 0.383 e. The van der Waals surface area contributed by atoms with Crippen LogP contribution in [0.1, 0.15) is 38.9 Å². The number of methoxy groups -OCH3 is 1. The van der Waals surface area contributed by atoms with Gasteiger partial charge in [-0.3, -0.25) is 9.69 Å². The first kappa shape index (κ1) is 17.8. The van der Waals surface area contributed by atoms with Crippen LogP contribution in [0.2, 0.25) is 0 Å². The van der Waals surface area contributed by atoms with E-state index < -0.39 is 0 Å². The molecule has 1 aliphatic heterocycles. The summed E-state index contributed by atoms with van der Waals surface area (Å²) >= 11 is 0. The normalized spacial score (nSPS) is 18.0. The highest BCUT2D eigenvalue weighted by atomic mass is 16.5. The third-order valence-electron chi connectivity index (χ3n) is 4.37. The maximum atomic E-state index is 12.1. The van der Waals surface area contributed by atoms with Crippen molar-refractivity contribution in [1.29, 1.82) is 0 Å². The lowest BCUT2D eigenvalue weighted by Gasteiger charge is -2.29. The highest BCUT2D eigenvalue weighted by Crippen LogP contribution is 2.17. The highest BCUT2D eigenvalue weighted by molar-refractivity contribution is 5.75. The predicted molar refractivity (Wildman–Crippen MR) is 85.6 cm³/mol. The summed E-state index contributed by atoms with van der Waals surface area (Å²) in [4.78, 5) is 14.5. The SMILES string of the molecule is CCC(COC)NC(=O)Cn1nnnc1CN1CCC(C)CC1. The molecular formula is C15H28N6O2. The molecule has 1 aromatic heterocycles. The number of amides is 1. The van der Waals surface area contributed by atoms with E-state index in [1.807, 2.05) is 6.92 Å². The van der Waals surface area contributed by atoms with Gasteiger partial charge < -0.3 is 10.1 Å². The third-order valence-corrected chi connectivity index (χ3v) is 4.37. The number of carbonyl (C=O) groups is 1. The molecule has 2 rings (SSSR count). The molecule has 2 heterocycles. The first-order chi connectivity index (χ1) is 11.1. The third kappa shape index (κ3) is 5.54. The number of likely N-dealkylation sites (tertiary alicyclic amines) is 1. The van der Waals surface area contributed by atoms with Crippen molar-refractivity contribution in [2.24, 2.45) is 5.92 Å². The van der Waals surface area contributed by atoms with Gasteiger partial charge in [0.15, 0.2) is 5.82 Å². The van der Waals surface area contributed by atoms with Gasteiger partial charge in [0.05, 0.1) is 19.2 Å². The van der Waals surface area contributed by atoms with Crippen molar-refractivity contribution in [1.82, 2.24) is 30.4 Å². The molecule has 8 nitrogen and oxygen atoms in total. The van der Waals surface area contributed by atoms with Gasteiger partial charge in [0, 0.05) is 7.11 Å². The second-order valence-corrected chi connectivity index (χ2v) is 6.34. The minimum absolute atomic E-state index is 0.0241. The first-order valence-corrected chi connectivity index (χ1v) is 8.38. The molecule has 8 heteroatoms. The van der Waals surface area contributed by atoms with Crippen molar-refractivity contribution in [3.63, 3.8) is 0 Å². The Hall–Kier alpha value is -1.54. The van der Waals surface area contributed by atoms with Crippen LogP contribution in [-0.2, 0) is 22.6 Å². The standard InChI is InChI=1S/C15H28N6O2/c1-4-13(11-23-3)16-15(22)10-21-14(17-18-19-21)9-20-7-5-12(2)6-8-20/h12-13H,4-11H2,1-3H3,(H,16,22). The van der Waals surface area contributed by atoms with Gasteiger partial charge in [-0.1, -0.05) is 13.8 Å². The molecule has 0 saturated carbocycles. The molecule has 1 saturated heterocycles. The monoisotopic (exact) mass is 324 g/mol. The molecule has 1 amide bonds. The Morgan fingerprint density at radius 1 is 1.43 bits per heavy atom. The second kappa shape index (κ2) is 8.93. The number of hydrogen-bond donors (Lipinski definition) is 1. The number of carbonyl (C=O) groups excluding carboxylic acids is 1. The number of ether oxygens (including phenoxy) is 1. The average molecular weight is 324 g/mol. The summed E-state index contributed by atoms with van der Waals surface area (Å²) in [6, 6.07) is 0.0241. The van der Waals surface area contributed by atoms with Gasteiger partial charge in [-0.2, -0.15) is 0 Å². The number of nitrogens with zero attached hydrogens (tertiary/aromatic N) is 5. The topological polar surface area (TPSA) is 85.2 Å². The Bertz CT molecular complexity index is 484. The van der Waals surface area contributed by atoms with Crippen LogP contribution < -0.4 is 5.32 Å². The number of rotatable bonds is 8. The molecule has 1 aromatic rings. The molecule has 1 fully saturated rings. The van der Waals surface area contributed by atoms with Crippen LogP contribution >= 0.6 is 0 Å². The van der Waals surface area contributed by atoms with E-state index in [9.17, 15) is 4.79 Å². The molecular weight excluding hydrogens is 296 g/mol. The van der Waals surface area contributed by atoms with E-state index in [0.717, 1.165) is 31.3 Å². The zero-order chi connectivity index (χ0) is 16.7. The fourth-order valence-corrected chi connectivity index (χ4v) is 2.75. The van der Waals surface area contributed by atoms with Crippen molar-refractivity contribution in [2.75, 3.05) is 26.8 Å². The molecule has 0 bridgehead atoms. The molecule has 0 spiro atoms. The number of piperidine rings is 1. The van der Waals surface area contributed by atoms with E-state index in [-0.39, 0.29) is 18.5 Å². The van der Waals surface area contributed by atoms with Gasteiger partial charge >= 0.3 is 0 Å². The van der Waals surface area contributed by atoms with E-state index in [1.54, 1.807) is 11.8 Å². The van der Waals surface area contributed by atoms with Crippen molar-refractivity contribution in [2.45, 2.75) is 52.2 Å². The Morgan fingerprint density at radius 3 is 2.83 bits per heavy atom. The summed E-state index contributed by atoms with van der Waals surface area (Å²) in [6.45, 7) is 7.78. The van der Waals surface area contributed by atoms with E-state index in [4.69, 9.17) is 4.74 Å². The Balaban J connectivity index is 1.86. The van der Waals surface area contributed by atoms with Crippen molar-refractivity contribution in [3.8, 4) is 0 Å². The van der Waals surface area contributed by atoms with Gasteiger partial charge in [0.2, 0.25) is 5.91 Å². The summed E-state index contributed by atoms with van der Waals surface area (Å²) in [5, 5.41) is 14.7. The smallest absolute Gasteiger partial charge is 0.242 e.